The van der Waals surface area contributed by atoms with Crippen molar-refractivity contribution in [2.45, 2.75) is 89.2 Å². The Morgan fingerprint density at radius 1 is 1.08 bits per heavy atom. The summed E-state index contributed by atoms with van der Waals surface area (Å²) in [6.07, 6.45) is 9.02. The molecule has 6 amide bonds. The molecule has 1 saturated heterocycles. The van der Waals surface area contributed by atoms with E-state index in [-0.39, 0.29) is 40.8 Å². The van der Waals surface area contributed by atoms with Crippen molar-refractivity contribution in [1.29, 1.82) is 0 Å². The number of alkyl carbamates (subject to hydrolysis) is 1. The van der Waals surface area contributed by atoms with E-state index in [0.717, 1.165) is 30.6 Å². The highest BCUT2D eigenvalue weighted by Crippen LogP contribution is 2.40. The van der Waals surface area contributed by atoms with E-state index >= 15 is 0 Å². The van der Waals surface area contributed by atoms with Crippen molar-refractivity contribution in [2.24, 2.45) is 17.6 Å². The molecular formula is C35H56N6O11S. The smallest absolute Gasteiger partial charge is 0.408 e. The van der Waals surface area contributed by atoms with Crippen LogP contribution in [0.5, 0.6) is 5.75 Å². The van der Waals surface area contributed by atoms with Crippen LogP contribution in [0.3, 0.4) is 0 Å². The van der Waals surface area contributed by atoms with Crippen LogP contribution in [-0.2, 0) is 33.9 Å². The van der Waals surface area contributed by atoms with Crippen LogP contribution in [0.25, 0.3) is 0 Å². The number of nitrogens with one attached hydrogen (secondary N) is 3. The zero-order chi connectivity index (χ0) is 40.4. The lowest BCUT2D eigenvalue weighted by Crippen LogP contribution is -2.48. The largest absolute Gasteiger partial charge is 0.482 e. The van der Waals surface area contributed by atoms with Crippen molar-refractivity contribution in [1.82, 2.24) is 25.2 Å². The molecule has 1 heterocycles. The highest BCUT2D eigenvalue weighted by molar-refractivity contribution is 7.90. The zero-order valence-electron chi connectivity index (χ0n) is 31.7. The molecule has 2 unspecified atom stereocenters. The number of hydrogen-bond donors (Lipinski definition) is 5. The minimum absolute atomic E-state index is 0.0280. The lowest BCUT2D eigenvalue weighted by atomic mass is 10.2. The molecule has 3 rings (SSSR count). The number of ether oxygens (including phenoxy) is 2. The Morgan fingerprint density at radius 3 is 2.28 bits per heavy atom. The fourth-order valence-electron chi connectivity index (χ4n) is 4.78. The maximum atomic E-state index is 12.5. The van der Waals surface area contributed by atoms with Crippen LogP contribution in [-0.4, -0.2) is 112 Å². The van der Waals surface area contributed by atoms with E-state index in [1.54, 1.807) is 33.9 Å². The van der Waals surface area contributed by atoms with Crippen LogP contribution < -0.4 is 25.8 Å². The van der Waals surface area contributed by atoms with Crippen LogP contribution in [0.1, 0.15) is 72.6 Å². The number of unbranched alkanes of at least 4 members (excludes halogenated alkanes) is 3. The van der Waals surface area contributed by atoms with Gasteiger partial charge in [-0.25, -0.2) is 22.7 Å². The second kappa shape index (κ2) is 22.3. The standard InChI is InChI=1S/C19H26N2O5S.C13H23N3O4.C3H7NO2/c1-2-3-4-5-6-9-14-12-15(14)19(23)21-27(24,25)17-11-8-7-10-16(17)26-13-18(20)22;1-13(2,3)20-12(19)15-8-10(17)16-7-5-6-9(16)11(18)14-4;1-4(2)3(5)6/h6-11,14-15H,2-5,12-13H2,1H3,(H2,20,22)(H,21,23);9H,5-8H2,1-4H3,(H,14,18)(H,15,19);1-2H3,(H,5,6)/b9-6-;;/t14?,15-;;/m0../s1. The van der Waals surface area contributed by atoms with Gasteiger partial charge in [-0.2, -0.15) is 0 Å². The molecule has 0 aromatic heterocycles. The third kappa shape index (κ3) is 17.9. The third-order valence-corrected chi connectivity index (χ3v) is 8.95. The molecule has 2 aliphatic rings. The van der Waals surface area contributed by atoms with Crippen molar-refractivity contribution in [3.8, 4) is 5.75 Å². The van der Waals surface area contributed by atoms with Gasteiger partial charge in [-0.1, -0.05) is 44.1 Å². The number of para-hydroxylation sites is 1. The normalized spacial score (nSPS) is 17.6. The number of hydrogen-bond acceptors (Lipinski definition) is 10. The second-order valence-corrected chi connectivity index (χ2v) is 15.1. The number of carbonyl (C=O) groups is 6. The summed E-state index contributed by atoms with van der Waals surface area (Å²) in [7, 11) is 0.393. The lowest BCUT2D eigenvalue weighted by Gasteiger charge is -2.24. The van der Waals surface area contributed by atoms with Gasteiger partial charge >= 0.3 is 12.2 Å². The van der Waals surface area contributed by atoms with E-state index < -0.39 is 52.3 Å². The van der Waals surface area contributed by atoms with Gasteiger partial charge < -0.3 is 40.7 Å². The Balaban J connectivity index is 0.000000474. The SMILES string of the molecule is CCCCC/C=C\C1C[C@@H]1C(=O)NS(=O)(=O)c1ccccc1OCC(N)=O.CN(C)C(=O)O.CNC(=O)C1CCCN1C(=O)CNC(=O)OC(C)(C)C. The second-order valence-electron chi connectivity index (χ2n) is 13.5. The minimum atomic E-state index is -4.10. The average Bonchev–Trinajstić information content (AvgIpc) is 3.69. The van der Waals surface area contributed by atoms with Crippen LogP contribution in [0.4, 0.5) is 9.59 Å². The number of benzene rings is 1. The number of carbonyl (C=O) groups excluding carboxylic acids is 5. The molecule has 17 nitrogen and oxygen atoms in total. The van der Waals surface area contributed by atoms with Crippen molar-refractivity contribution in [3.63, 3.8) is 0 Å². The summed E-state index contributed by atoms with van der Waals surface area (Å²) in [5.74, 6) is -1.97. The quantitative estimate of drug-likeness (QED) is 0.136. The molecule has 0 bridgehead atoms. The van der Waals surface area contributed by atoms with E-state index in [9.17, 15) is 37.2 Å². The molecule has 298 valence electrons. The first kappa shape index (κ1) is 46.2. The maximum absolute atomic E-state index is 12.5. The van der Waals surface area contributed by atoms with Crippen molar-refractivity contribution in [2.75, 3.05) is 40.8 Å². The van der Waals surface area contributed by atoms with Gasteiger partial charge in [0.05, 0.1) is 0 Å². The molecule has 1 aliphatic heterocycles. The zero-order valence-corrected chi connectivity index (χ0v) is 32.5. The first-order valence-electron chi connectivity index (χ1n) is 17.4. The average molecular weight is 769 g/mol. The summed E-state index contributed by atoms with van der Waals surface area (Å²) in [4.78, 5) is 70.3. The predicted molar refractivity (Wildman–Crippen MR) is 196 cm³/mol. The van der Waals surface area contributed by atoms with Crippen molar-refractivity contribution < 1.29 is 51.8 Å². The summed E-state index contributed by atoms with van der Waals surface area (Å²) in [6, 6.07) is 5.35. The van der Waals surface area contributed by atoms with E-state index in [2.05, 4.69) is 28.4 Å². The molecule has 1 aromatic carbocycles. The molecule has 6 N–H and O–H groups in total. The Bertz CT molecular complexity index is 1540. The number of likely N-dealkylation sites (N-methyl/N-ethyl adjacent to an activating group) is 1. The molecule has 1 aromatic rings. The summed E-state index contributed by atoms with van der Waals surface area (Å²) < 4.78 is 37.4. The number of sulfonamides is 1. The number of rotatable bonds is 14. The summed E-state index contributed by atoms with van der Waals surface area (Å²) in [5, 5.41) is 12.9. The fraction of sp³-hybridized carbons (Fsp3) is 0.600. The third-order valence-electron chi connectivity index (χ3n) is 7.57. The lowest BCUT2D eigenvalue weighted by molar-refractivity contribution is -0.137. The van der Waals surface area contributed by atoms with Crippen LogP contribution in [0.2, 0.25) is 0 Å². The minimum Gasteiger partial charge on any atom is -0.482 e. The first-order chi connectivity index (χ1) is 24.7. The molecule has 1 saturated carbocycles. The maximum Gasteiger partial charge on any atom is 0.408 e. The topological polar surface area (TPSA) is 244 Å². The monoisotopic (exact) mass is 768 g/mol. The van der Waals surface area contributed by atoms with Gasteiger partial charge in [0.25, 0.3) is 15.9 Å². The summed E-state index contributed by atoms with van der Waals surface area (Å²) in [5.41, 5.74) is 4.41. The Labute approximate surface area is 312 Å². The Hall–Kier alpha value is -4.87. The summed E-state index contributed by atoms with van der Waals surface area (Å²) in [6.45, 7) is 7.30. The molecule has 53 heavy (non-hydrogen) atoms. The highest BCUT2D eigenvalue weighted by Gasteiger charge is 2.42. The van der Waals surface area contributed by atoms with Gasteiger partial charge in [-0.05, 0) is 70.9 Å². The molecule has 3 atom stereocenters. The number of likely N-dealkylation sites (tertiary alicyclic amines) is 1. The molecule has 18 heteroatoms. The highest BCUT2D eigenvalue weighted by atomic mass is 32.2. The van der Waals surface area contributed by atoms with Gasteiger partial charge in [0.15, 0.2) is 6.61 Å². The van der Waals surface area contributed by atoms with Gasteiger partial charge in [0.1, 0.15) is 28.8 Å². The van der Waals surface area contributed by atoms with Crippen molar-refractivity contribution >= 4 is 45.8 Å². The van der Waals surface area contributed by atoms with E-state index in [4.69, 9.17) is 20.3 Å². The predicted octanol–water partition coefficient (Wildman–Crippen LogP) is 2.60. The van der Waals surface area contributed by atoms with Crippen LogP contribution >= 0.6 is 0 Å². The van der Waals surface area contributed by atoms with Crippen molar-refractivity contribution in [3.05, 3.63) is 36.4 Å². The van der Waals surface area contributed by atoms with E-state index in [1.165, 1.54) is 43.6 Å². The molecule has 2 fully saturated rings. The first-order valence-corrected chi connectivity index (χ1v) is 18.8. The van der Waals surface area contributed by atoms with Crippen LogP contribution in [0, 0.1) is 11.8 Å². The Morgan fingerprint density at radius 2 is 1.72 bits per heavy atom. The molecule has 1 aliphatic carbocycles. The molecular weight excluding hydrogens is 712 g/mol. The van der Waals surface area contributed by atoms with Gasteiger partial charge in [0, 0.05) is 33.6 Å². The van der Waals surface area contributed by atoms with Gasteiger partial charge in [0.2, 0.25) is 17.7 Å². The Kier molecular flexibility index (Phi) is 19.4. The summed E-state index contributed by atoms with van der Waals surface area (Å²) >= 11 is 0. The number of primary amides is 1. The fourth-order valence-corrected chi connectivity index (χ4v) is 5.96. The van der Waals surface area contributed by atoms with Gasteiger partial charge in [-0.15, -0.1) is 0 Å². The number of nitrogens with zero attached hydrogens (tertiary/aromatic N) is 2. The van der Waals surface area contributed by atoms with Crippen LogP contribution in [0.15, 0.2) is 41.3 Å². The number of amides is 6. The number of allylic oxidation sites excluding steroid dienone is 2. The molecule has 0 radical (unpaired) electrons. The van der Waals surface area contributed by atoms with E-state index in [0.29, 0.717) is 19.4 Å². The van der Waals surface area contributed by atoms with E-state index in [1.807, 2.05) is 6.08 Å². The molecule has 0 spiro atoms. The van der Waals surface area contributed by atoms with Gasteiger partial charge in [-0.3, -0.25) is 19.2 Å². The number of carboxylic acid groups (broad SMARTS) is 1. The number of nitrogens with two attached hydrogens (primary N) is 1.